The monoisotopic (exact) mass is 337 g/mol. The number of nitrogens with zero attached hydrogens (tertiary/aromatic N) is 3. The summed E-state index contributed by atoms with van der Waals surface area (Å²) in [7, 11) is 0. The predicted molar refractivity (Wildman–Crippen MR) is 99.3 cm³/mol. The Labute approximate surface area is 147 Å². The normalized spacial score (nSPS) is 25.8. The van der Waals surface area contributed by atoms with Crippen LogP contribution in [-0.2, 0) is 4.79 Å². The van der Waals surface area contributed by atoms with Crippen LogP contribution in [0.2, 0.25) is 0 Å². The third-order valence-corrected chi connectivity index (χ3v) is 5.14. The van der Waals surface area contributed by atoms with Crippen molar-refractivity contribution in [2.75, 3.05) is 39.3 Å². The van der Waals surface area contributed by atoms with Gasteiger partial charge in [-0.25, -0.2) is 0 Å². The van der Waals surface area contributed by atoms with E-state index in [0.717, 1.165) is 45.1 Å². The molecular weight excluding hydrogens is 302 g/mol. The van der Waals surface area contributed by atoms with Gasteiger partial charge in [-0.2, -0.15) is 0 Å². The Kier molecular flexibility index (Phi) is 7.82. The zero-order chi connectivity index (χ0) is 17.4. The van der Waals surface area contributed by atoms with Crippen LogP contribution in [0.4, 0.5) is 0 Å². The highest BCUT2D eigenvalue weighted by atomic mass is 16.2. The molecular formula is C18H35N5O. The van der Waals surface area contributed by atoms with Gasteiger partial charge in [-0.05, 0) is 39.3 Å². The second kappa shape index (κ2) is 9.87. The topological polar surface area (TPSA) is 60.0 Å². The summed E-state index contributed by atoms with van der Waals surface area (Å²) in [5, 5.41) is 6.88. The van der Waals surface area contributed by atoms with E-state index < -0.39 is 0 Å². The summed E-state index contributed by atoms with van der Waals surface area (Å²) in [4.78, 5) is 21.2. The van der Waals surface area contributed by atoms with Crippen molar-refractivity contribution < 1.29 is 4.79 Å². The molecule has 138 valence electrons. The van der Waals surface area contributed by atoms with Crippen LogP contribution in [-0.4, -0.2) is 73.0 Å². The number of nitrogens with one attached hydrogen (secondary N) is 2. The number of aliphatic imine (C=N–C) groups is 1. The summed E-state index contributed by atoms with van der Waals surface area (Å²) >= 11 is 0. The number of likely N-dealkylation sites (N-methyl/N-ethyl adjacent to an activating group) is 1. The first-order chi connectivity index (χ1) is 11.7. The fourth-order valence-electron chi connectivity index (χ4n) is 3.72. The molecule has 24 heavy (non-hydrogen) atoms. The van der Waals surface area contributed by atoms with Gasteiger partial charge >= 0.3 is 0 Å². The Balaban J connectivity index is 1.87. The Morgan fingerprint density at radius 3 is 2.71 bits per heavy atom. The standard InChI is InChI=1S/C18H35N5O/c1-4-17(24)23-12-10-15(14-23)21-18(19-5-2)20-13-16-9-7-8-11-22(16)6-3/h15-16H,4-14H2,1-3H3,(H2,19,20,21). The van der Waals surface area contributed by atoms with Crippen molar-refractivity contribution in [3.8, 4) is 0 Å². The van der Waals surface area contributed by atoms with Crippen molar-refractivity contribution in [1.82, 2.24) is 20.4 Å². The van der Waals surface area contributed by atoms with Gasteiger partial charge in [0.05, 0.1) is 6.54 Å². The molecule has 2 atom stereocenters. The zero-order valence-corrected chi connectivity index (χ0v) is 15.7. The Morgan fingerprint density at radius 2 is 2.00 bits per heavy atom. The molecule has 2 saturated heterocycles. The fraction of sp³-hybridized carbons (Fsp3) is 0.889. The maximum absolute atomic E-state index is 11.8. The number of hydrogen-bond donors (Lipinski definition) is 2. The number of piperidine rings is 1. The molecule has 0 radical (unpaired) electrons. The molecule has 2 N–H and O–H groups in total. The van der Waals surface area contributed by atoms with Crippen LogP contribution >= 0.6 is 0 Å². The lowest BCUT2D eigenvalue weighted by atomic mass is 10.0. The van der Waals surface area contributed by atoms with Crippen molar-refractivity contribution in [2.24, 2.45) is 4.99 Å². The minimum Gasteiger partial charge on any atom is -0.357 e. The van der Waals surface area contributed by atoms with Gasteiger partial charge in [0.1, 0.15) is 0 Å². The number of carbonyl (C=O) groups is 1. The highest BCUT2D eigenvalue weighted by Gasteiger charge is 2.26. The maximum atomic E-state index is 11.8. The molecule has 2 aliphatic rings. The van der Waals surface area contributed by atoms with Gasteiger partial charge in [0.2, 0.25) is 5.91 Å². The number of likely N-dealkylation sites (tertiary alicyclic amines) is 2. The zero-order valence-electron chi connectivity index (χ0n) is 15.7. The van der Waals surface area contributed by atoms with Crippen LogP contribution in [0.5, 0.6) is 0 Å². The number of hydrogen-bond acceptors (Lipinski definition) is 3. The van der Waals surface area contributed by atoms with Crippen LogP contribution in [0.15, 0.2) is 4.99 Å². The molecule has 2 rings (SSSR count). The Hall–Kier alpha value is -1.30. The molecule has 0 aromatic carbocycles. The molecule has 2 unspecified atom stereocenters. The highest BCUT2D eigenvalue weighted by molar-refractivity contribution is 5.80. The molecule has 0 bridgehead atoms. The van der Waals surface area contributed by atoms with Gasteiger partial charge in [-0.15, -0.1) is 0 Å². The van der Waals surface area contributed by atoms with E-state index in [-0.39, 0.29) is 5.91 Å². The third-order valence-electron chi connectivity index (χ3n) is 5.14. The molecule has 6 heteroatoms. The van der Waals surface area contributed by atoms with Crippen molar-refractivity contribution in [1.29, 1.82) is 0 Å². The average molecular weight is 338 g/mol. The summed E-state index contributed by atoms with van der Waals surface area (Å²) in [5.74, 6) is 1.15. The summed E-state index contributed by atoms with van der Waals surface area (Å²) in [6, 6.07) is 0.882. The molecule has 2 aliphatic heterocycles. The maximum Gasteiger partial charge on any atom is 0.222 e. The van der Waals surface area contributed by atoms with Crippen LogP contribution in [0.1, 0.15) is 52.9 Å². The number of guanidine groups is 1. The van der Waals surface area contributed by atoms with E-state index in [1.807, 2.05) is 11.8 Å². The molecule has 0 spiro atoms. The summed E-state index contributed by atoms with van der Waals surface area (Å²) in [6.07, 6.45) is 5.47. The first-order valence-electron chi connectivity index (χ1n) is 9.74. The van der Waals surface area contributed by atoms with Gasteiger partial charge in [0.15, 0.2) is 5.96 Å². The summed E-state index contributed by atoms with van der Waals surface area (Å²) in [6.45, 7) is 11.9. The van der Waals surface area contributed by atoms with E-state index in [0.29, 0.717) is 18.5 Å². The number of amides is 1. The van der Waals surface area contributed by atoms with Crippen LogP contribution < -0.4 is 10.6 Å². The van der Waals surface area contributed by atoms with Crippen molar-refractivity contribution in [3.05, 3.63) is 0 Å². The first-order valence-corrected chi connectivity index (χ1v) is 9.74. The van der Waals surface area contributed by atoms with Crippen LogP contribution in [0.25, 0.3) is 0 Å². The Bertz CT molecular complexity index is 426. The highest BCUT2D eigenvalue weighted by Crippen LogP contribution is 2.16. The van der Waals surface area contributed by atoms with E-state index in [1.54, 1.807) is 0 Å². The van der Waals surface area contributed by atoms with E-state index in [4.69, 9.17) is 4.99 Å². The molecule has 0 aliphatic carbocycles. The molecule has 0 aromatic rings. The quantitative estimate of drug-likeness (QED) is 0.569. The third kappa shape index (κ3) is 5.36. The first kappa shape index (κ1) is 19.0. The molecule has 2 fully saturated rings. The molecule has 6 nitrogen and oxygen atoms in total. The lowest BCUT2D eigenvalue weighted by Gasteiger charge is -2.34. The van der Waals surface area contributed by atoms with Crippen molar-refractivity contribution in [2.45, 2.75) is 65.0 Å². The van der Waals surface area contributed by atoms with E-state index >= 15 is 0 Å². The molecule has 0 saturated carbocycles. The average Bonchev–Trinajstić information content (AvgIpc) is 3.08. The second-order valence-electron chi connectivity index (χ2n) is 6.82. The van der Waals surface area contributed by atoms with Crippen molar-refractivity contribution in [3.63, 3.8) is 0 Å². The molecule has 1 amide bonds. The Morgan fingerprint density at radius 1 is 1.17 bits per heavy atom. The van der Waals surface area contributed by atoms with Gasteiger partial charge in [-0.3, -0.25) is 14.7 Å². The lowest BCUT2D eigenvalue weighted by molar-refractivity contribution is -0.129. The predicted octanol–water partition coefficient (Wildman–Crippen LogP) is 1.43. The minimum atomic E-state index is 0.252. The van der Waals surface area contributed by atoms with E-state index in [2.05, 4.69) is 29.4 Å². The van der Waals surface area contributed by atoms with Crippen molar-refractivity contribution >= 4 is 11.9 Å². The number of carbonyl (C=O) groups excluding carboxylic acids is 1. The molecule has 2 heterocycles. The SMILES string of the molecule is CCNC(=NCC1CCCCN1CC)NC1CCN(C(=O)CC)C1. The van der Waals surface area contributed by atoms with Crippen LogP contribution in [0.3, 0.4) is 0 Å². The molecule has 0 aromatic heterocycles. The fourth-order valence-corrected chi connectivity index (χ4v) is 3.72. The largest absolute Gasteiger partial charge is 0.357 e. The second-order valence-corrected chi connectivity index (χ2v) is 6.82. The van der Waals surface area contributed by atoms with Gasteiger partial charge in [0, 0.05) is 38.1 Å². The summed E-state index contributed by atoms with van der Waals surface area (Å²) in [5.41, 5.74) is 0. The lowest BCUT2D eigenvalue weighted by Crippen LogP contribution is -2.46. The number of rotatable bonds is 6. The minimum absolute atomic E-state index is 0.252. The smallest absolute Gasteiger partial charge is 0.222 e. The van der Waals surface area contributed by atoms with E-state index in [1.165, 1.54) is 25.8 Å². The van der Waals surface area contributed by atoms with Gasteiger partial charge in [-0.1, -0.05) is 20.3 Å². The van der Waals surface area contributed by atoms with Gasteiger partial charge < -0.3 is 15.5 Å². The van der Waals surface area contributed by atoms with E-state index in [9.17, 15) is 4.79 Å². The van der Waals surface area contributed by atoms with Gasteiger partial charge in [0.25, 0.3) is 0 Å². The summed E-state index contributed by atoms with van der Waals surface area (Å²) < 4.78 is 0. The van der Waals surface area contributed by atoms with Crippen LogP contribution in [0, 0.1) is 0 Å².